The molecule has 1 aromatic heterocycles. The first kappa shape index (κ1) is 15.0. The molecule has 0 radical (unpaired) electrons. The molecule has 1 heterocycles. The highest BCUT2D eigenvalue weighted by Gasteiger charge is 2.33. The Hall–Kier alpha value is -2.06. The fourth-order valence-corrected chi connectivity index (χ4v) is 1.32. The van der Waals surface area contributed by atoms with Gasteiger partial charge in [-0.15, -0.1) is 0 Å². The van der Waals surface area contributed by atoms with Crippen LogP contribution in [0.15, 0.2) is 18.7 Å². The molecule has 0 unspecified atom stereocenters. The average Bonchev–Trinajstić information content (AvgIpc) is 2.85. The zero-order valence-electron chi connectivity index (χ0n) is 10.1. The summed E-state index contributed by atoms with van der Waals surface area (Å²) in [4.78, 5) is 26.8. The number of carbonyl (C=O) groups excluding carboxylic acids is 2. The highest BCUT2D eigenvalue weighted by atomic mass is 19.4. The van der Waals surface area contributed by atoms with Gasteiger partial charge in [0.15, 0.2) is 0 Å². The lowest BCUT2D eigenvalue weighted by Crippen LogP contribution is -2.42. The Labute approximate surface area is 106 Å². The van der Waals surface area contributed by atoms with E-state index in [1.54, 1.807) is 0 Å². The van der Waals surface area contributed by atoms with Gasteiger partial charge >= 0.3 is 18.2 Å². The first-order valence-electron chi connectivity index (χ1n) is 5.24. The molecule has 0 N–H and O–H groups in total. The molecule has 0 fully saturated rings. The van der Waals surface area contributed by atoms with E-state index in [4.69, 9.17) is 0 Å². The molecule has 0 atom stereocenters. The number of rotatable bonds is 4. The second-order valence-electron chi connectivity index (χ2n) is 3.62. The van der Waals surface area contributed by atoms with Gasteiger partial charge in [-0.3, -0.25) is 9.36 Å². The van der Waals surface area contributed by atoms with Crippen LogP contribution in [0.1, 0.15) is 6.42 Å². The first-order valence-corrected chi connectivity index (χ1v) is 5.24. The third kappa shape index (κ3) is 4.98. The second-order valence-corrected chi connectivity index (χ2v) is 3.62. The normalized spacial score (nSPS) is 11.2. The van der Waals surface area contributed by atoms with Crippen LogP contribution in [0.5, 0.6) is 0 Å². The molecule has 106 valence electrons. The number of halogens is 3. The van der Waals surface area contributed by atoms with Crippen molar-refractivity contribution < 1.29 is 27.5 Å². The second kappa shape index (κ2) is 6.21. The van der Waals surface area contributed by atoms with Crippen LogP contribution in [-0.4, -0.2) is 52.8 Å². The Morgan fingerprint density at radius 3 is 2.58 bits per heavy atom. The summed E-state index contributed by atoms with van der Waals surface area (Å²) < 4.78 is 42.4. The number of alkyl halides is 3. The van der Waals surface area contributed by atoms with Gasteiger partial charge in [0.05, 0.1) is 13.5 Å². The predicted molar refractivity (Wildman–Crippen MR) is 57.3 cm³/mol. The number of hydrogen-bond donors (Lipinski definition) is 0. The third-order valence-corrected chi connectivity index (χ3v) is 2.18. The fourth-order valence-electron chi connectivity index (χ4n) is 1.32. The van der Waals surface area contributed by atoms with Crippen LogP contribution in [0.3, 0.4) is 0 Å². The van der Waals surface area contributed by atoms with Crippen molar-refractivity contribution >= 4 is 12.0 Å². The van der Waals surface area contributed by atoms with Crippen LogP contribution in [-0.2, 0) is 9.53 Å². The van der Waals surface area contributed by atoms with E-state index in [1.165, 1.54) is 12.4 Å². The number of methoxy groups -OCH3 is 1. The van der Waals surface area contributed by atoms with Crippen molar-refractivity contribution in [1.29, 1.82) is 0 Å². The summed E-state index contributed by atoms with van der Waals surface area (Å²) in [5, 5.41) is 0. The van der Waals surface area contributed by atoms with Crippen LogP contribution in [0.2, 0.25) is 0 Å². The lowest BCUT2D eigenvalue weighted by atomic mass is 10.4. The number of nitrogens with zero attached hydrogens (tertiary/aromatic N) is 3. The van der Waals surface area contributed by atoms with Gasteiger partial charge in [-0.05, 0) is 0 Å². The van der Waals surface area contributed by atoms with Gasteiger partial charge in [-0.2, -0.15) is 13.2 Å². The van der Waals surface area contributed by atoms with Crippen LogP contribution < -0.4 is 0 Å². The first-order chi connectivity index (χ1) is 8.83. The molecule has 0 saturated carbocycles. The quantitative estimate of drug-likeness (QED) is 0.779. The highest BCUT2D eigenvalue weighted by Crippen LogP contribution is 2.17. The van der Waals surface area contributed by atoms with Gasteiger partial charge in [0.25, 0.3) is 0 Å². The minimum absolute atomic E-state index is 0.312. The van der Waals surface area contributed by atoms with Crippen molar-refractivity contribution in [3.8, 4) is 0 Å². The zero-order chi connectivity index (χ0) is 14.5. The van der Waals surface area contributed by atoms with Gasteiger partial charge in [-0.25, -0.2) is 9.78 Å². The van der Waals surface area contributed by atoms with E-state index in [1.807, 2.05) is 0 Å². The minimum Gasteiger partial charge on any atom is -0.469 e. The molecule has 0 aromatic carbocycles. The van der Waals surface area contributed by atoms with E-state index >= 15 is 0 Å². The van der Waals surface area contributed by atoms with E-state index in [2.05, 4.69) is 9.72 Å². The summed E-state index contributed by atoms with van der Waals surface area (Å²) >= 11 is 0. The number of amides is 1. The lowest BCUT2D eigenvalue weighted by Gasteiger charge is -2.23. The van der Waals surface area contributed by atoms with Crippen molar-refractivity contribution in [1.82, 2.24) is 14.5 Å². The van der Waals surface area contributed by atoms with Crippen molar-refractivity contribution in [3.05, 3.63) is 18.7 Å². The lowest BCUT2D eigenvalue weighted by molar-refractivity contribution is -0.146. The van der Waals surface area contributed by atoms with Crippen LogP contribution >= 0.6 is 0 Å². The minimum atomic E-state index is -4.55. The van der Waals surface area contributed by atoms with E-state index in [0.29, 0.717) is 4.90 Å². The van der Waals surface area contributed by atoms with E-state index < -0.39 is 24.7 Å². The summed E-state index contributed by atoms with van der Waals surface area (Å²) in [6.07, 6.45) is -1.28. The third-order valence-electron chi connectivity index (χ3n) is 2.18. The maximum absolute atomic E-state index is 12.4. The Balaban J connectivity index is 2.74. The summed E-state index contributed by atoms with van der Waals surface area (Å²) in [6, 6.07) is -0.904. The number of imidazole rings is 1. The van der Waals surface area contributed by atoms with Crippen molar-refractivity contribution in [2.75, 3.05) is 20.2 Å². The molecular formula is C10H12F3N3O3. The van der Waals surface area contributed by atoms with Crippen LogP contribution in [0.25, 0.3) is 0 Å². The van der Waals surface area contributed by atoms with Gasteiger partial charge in [-0.1, -0.05) is 0 Å². The fraction of sp³-hybridized carbons (Fsp3) is 0.500. The molecule has 0 bridgehead atoms. The van der Waals surface area contributed by atoms with E-state index in [-0.39, 0.29) is 13.0 Å². The van der Waals surface area contributed by atoms with Crippen LogP contribution in [0.4, 0.5) is 18.0 Å². The number of hydrogen-bond acceptors (Lipinski definition) is 4. The SMILES string of the molecule is COC(=O)CCN(CC(F)(F)F)C(=O)n1ccnc1. The summed E-state index contributed by atoms with van der Waals surface area (Å²) in [5.74, 6) is -0.689. The predicted octanol–water partition coefficient (Wildman–Crippen LogP) is 1.28. The molecule has 0 aliphatic rings. The molecule has 1 amide bonds. The van der Waals surface area contributed by atoms with Crippen molar-refractivity contribution in [2.24, 2.45) is 0 Å². The average molecular weight is 279 g/mol. The molecule has 19 heavy (non-hydrogen) atoms. The zero-order valence-corrected chi connectivity index (χ0v) is 10.1. The number of aromatic nitrogens is 2. The maximum Gasteiger partial charge on any atom is 0.406 e. The number of carbonyl (C=O) groups is 2. The molecule has 6 nitrogen and oxygen atoms in total. The molecule has 1 aromatic rings. The largest absolute Gasteiger partial charge is 0.469 e. The Bertz CT molecular complexity index is 431. The smallest absolute Gasteiger partial charge is 0.406 e. The van der Waals surface area contributed by atoms with E-state index in [9.17, 15) is 22.8 Å². The van der Waals surface area contributed by atoms with Crippen molar-refractivity contribution in [3.63, 3.8) is 0 Å². The number of ether oxygens (including phenoxy) is 1. The summed E-state index contributed by atoms with van der Waals surface area (Å²) in [6.45, 7) is -1.83. The number of esters is 1. The monoisotopic (exact) mass is 279 g/mol. The Morgan fingerprint density at radius 2 is 2.11 bits per heavy atom. The summed E-state index contributed by atoms with van der Waals surface area (Å²) in [5.41, 5.74) is 0. The van der Waals surface area contributed by atoms with Gasteiger partial charge < -0.3 is 9.64 Å². The summed E-state index contributed by atoms with van der Waals surface area (Å²) in [7, 11) is 1.12. The Kier molecular flexibility index (Phi) is 4.90. The molecule has 0 spiro atoms. The standard InChI is InChI=1S/C10H12F3N3O3/c1-19-8(17)2-4-15(6-10(11,12)13)9(18)16-5-3-14-7-16/h3,5,7H,2,4,6H2,1H3. The molecule has 1 rings (SSSR count). The van der Waals surface area contributed by atoms with Gasteiger partial charge in [0.2, 0.25) is 0 Å². The molecule has 0 aliphatic heterocycles. The van der Waals surface area contributed by atoms with Crippen molar-refractivity contribution in [2.45, 2.75) is 12.6 Å². The van der Waals surface area contributed by atoms with Crippen LogP contribution in [0, 0.1) is 0 Å². The maximum atomic E-state index is 12.4. The highest BCUT2D eigenvalue weighted by molar-refractivity contribution is 5.77. The molecular weight excluding hydrogens is 267 g/mol. The van der Waals surface area contributed by atoms with E-state index in [0.717, 1.165) is 18.0 Å². The molecule has 9 heteroatoms. The molecule has 0 saturated heterocycles. The Morgan fingerprint density at radius 1 is 1.42 bits per heavy atom. The molecule has 0 aliphatic carbocycles. The van der Waals surface area contributed by atoms with Gasteiger partial charge in [0.1, 0.15) is 12.9 Å². The topological polar surface area (TPSA) is 64.4 Å². The van der Waals surface area contributed by atoms with Gasteiger partial charge in [0, 0.05) is 18.9 Å².